The van der Waals surface area contributed by atoms with Crippen molar-refractivity contribution in [3.63, 3.8) is 0 Å². The average Bonchev–Trinajstić information content (AvgIpc) is 2.92. The van der Waals surface area contributed by atoms with Crippen molar-refractivity contribution in [2.75, 3.05) is 13.6 Å². The van der Waals surface area contributed by atoms with E-state index in [0.717, 1.165) is 31.6 Å². The highest BCUT2D eigenvalue weighted by molar-refractivity contribution is 5.32. The molecule has 4 nitrogen and oxygen atoms in total. The molecule has 1 heterocycles. The van der Waals surface area contributed by atoms with Gasteiger partial charge in [-0.1, -0.05) is 12.1 Å². The third kappa shape index (κ3) is 4.23. The maximum Gasteiger partial charge on any atom is 0.0991 e. The van der Waals surface area contributed by atoms with Crippen LogP contribution in [0.5, 0.6) is 0 Å². The minimum Gasteiger partial charge on any atom is -0.337 e. The SMILES string of the molecule is CN(CCCn1ccnc1)Cc1cccc(C#N)c1. The molecule has 0 aliphatic rings. The normalized spacial score (nSPS) is 10.6. The van der Waals surface area contributed by atoms with Crippen LogP contribution in [-0.4, -0.2) is 28.0 Å². The Bertz CT molecular complexity index is 540. The van der Waals surface area contributed by atoms with Crippen LogP contribution >= 0.6 is 0 Å². The molecule has 0 fully saturated rings. The number of rotatable bonds is 6. The summed E-state index contributed by atoms with van der Waals surface area (Å²) in [6, 6.07) is 9.96. The van der Waals surface area contributed by atoms with Gasteiger partial charge in [-0.25, -0.2) is 4.98 Å². The maximum atomic E-state index is 8.87. The summed E-state index contributed by atoms with van der Waals surface area (Å²) < 4.78 is 2.09. The molecule has 4 heteroatoms. The largest absolute Gasteiger partial charge is 0.337 e. The van der Waals surface area contributed by atoms with Crippen molar-refractivity contribution in [2.45, 2.75) is 19.5 Å². The van der Waals surface area contributed by atoms with Gasteiger partial charge in [0.1, 0.15) is 0 Å². The Morgan fingerprint density at radius 1 is 1.42 bits per heavy atom. The van der Waals surface area contributed by atoms with Gasteiger partial charge in [-0.2, -0.15) is 5.26 Å². The molecule has 1 aromatic carbocycles. The van der Waals surface area contributed by atoms with Gasteiger partial charge in [0, 0.05) is 25.5 Å². The van der Waals surface area contributed by atoms with Gasteiger partial charge in [0.25, 0.3) is 0 Å². The summed E-state index contributed by atoms with van der Waals surface area (Å²) in [4.78, 5) is 6.30. The van der Waals surface area contributed by atoms with E-state index in [1.165, 1.54) is 5.56 Å². The zero-order valence-electron chi connectivity index (χ0n) is 11.2. The van der Waals surface area contributed by atoms with Gasteiger partial charge >= 0.3 is 0 Å². The topological polar surface area (TPSA) is 44.9 Å². The van der Waals surface area contributed by atoms with Crippen molar-refractivity contribution in [2.24, 2.45) is 0 Å². The van der Waals surface area contributed by atoms with Crippen molar-refractivity contribution < 1.29 is 0 Å². The zero-order chi connectivity index (χ0) is 13.5. The molecule has 0 N–H and O–H groups in total. The lowest BCUT2D eigenvalue weighted by molar-refractivity contribution is 0.314. The van der Waals surface area contributed by atoms with Gasteiger partial charge in [-0.05, 0) is 37.7 Å². The standard InChI is InChI=1S/C15H18N4/c1-18(7-3-8-19-9-6-17-13-19)12-15-5-2-4-14(10-15)11-16/h2,4-6,9-10,13H,3,7-8,12H2,1H3. The van der Waals surface area contributed by atoms with Crippen molar-refractivity contribution in [1.82, 2.24) is 14.5 Å². The monoisotopic (exact) mass is 254 g/mol. The molecule has 0 saturated heterocycles. The number of aromatic nitrogens is 2. The van der Waals surface area contributed by atoms with Gasteiger partial charge < -0.3 is 9.47 Å². The number of hydrogen-bond acceptors (Lipinski definition) is 3. The fourth-order valence-electron chi connectivity index (χ4n) is 2.07. The Labute approximate surface area is 113 Å². The second kappa shape index (κ2) is 6.72. The highest BCUT2D eigenvalue weighted by Gasteiger charge is 2.01. The smallest absolute Gasteiger partial charge is 0.0991 e. The first-order chi connectivity index (χ1) is 9.28. The highest BCUT2D eigenvalue weighted by atomic mass is 15.1. The summed E-state index contributed by atoms with van der Waals surface area (Å²) in [7, 11) is 2.10. The van der Waals surface area contributed by atoms with Crippen molar-refractivity contribution >= 4 is 0 Å². The molecule has 0 aliphatic carbocycles. The van der Waals surface area contributed by atoms with E-state index in [0.29, 0.717) is 0 Å². The molecule has 0 spiro atoms. The van der Waals surface area contributed by atoms with Crippen molar-refractivity contribution in [1.29, 1.82) is 5.26 Å². The summed E-state index contributed by atoms with van der Waals surface area (Å²) in [6.07, 6.45) is 6.72. The second-order valence-electron chi connectivity index (χ2n) is 4.70. The van der Waals surface area contributed by atoms with Gasteiger partial charge in [-0.3, -0.25) is 0 Å². The van der Waals surface area contributed by atoms with E-state index in [4.69, 9.17) is 5.26 Å². The van der Waals surface area contributed by atoms with Crippen molar-refractivity contribution in [3.8, 4) is 6.07 Å². The molecule has 0 bridgehead atoms. The van der Waals surface area contributed by atoms with Crippen LogP contribution in [0.2, 0.25) is 0 Å². The number of nitrogens with zero attached hydrogens (tertiary/aromatic N) is 4. The first-order valence-corrected chi connectivity index (χ1v) is 6.41. The van der Waals surface area contributed by atoms with Crippen molar-refractivity contribution in [3.05, 3.63) is 54.1 Å². The molecule has 2 rings (SSSR count). The van der Waals surface area contributed by atoms with Crippen LogP contribution in [0, 0.1) is 11.3 Å². The number of imidazole rings is 1. The summed E-state index contributed by atoms with van der Waals surface area (Å²) in [5.74, 6) is 0. The summed E-state index contributed by atoms with van der Waals surface area (Å²) in [5.41, 5.74) is 1.91. The van der Waals surface area contributed by atoms with E-state index in [9.17, 15) is 0 Å². The molecule has 1 aromatic heterocycles. The Morgan fingerprint density at radius 3 is 3.05 bits per heavy atom. The number of aryl methyl sites for hydroxylation is 1. The van der Waals surface area contributed by atoms with E-state index < -0.39 is 0 Å². The lowest BCUT2D eigenvalue weighted by Gasteiger charge is -2.16. The quantitative estimate of drug-likeness (QED) is 0.794. The number of nitriles is 1. The molecule has 19 heavy (non-hydrogen) atoms. The average molecular weight is 254 g/mol. The third-order valence-electron chi connectivity index (χ3n) is 3.02. The van der Waals surface area contributed by atoms with Gasteiger partial charge in [0.05, 0.1) is 18.0 Å². The van der Waals surface area contributed by atoms with E-state index in [-0.39, 0.29) is 0 Å². The van der Waals surface area contributed by atoms with E-state index >= 15 is 0 Å². The lowest BCUT2D eigenvalue weighted by atomic mass is 10.1. The first-order valence-electron chi connectivity index (χ1n) is 6.41. The van der Waals surface area contributed by atoms with Gasteiger partial charge in [0.2, 0.25) is 0 Å². The number of hydrogen-bond donors (Lipinski definition) is 0. The molecule has 0 radical (unpaired) electrons. The Morgan fingerprint density at radius 2 is 2.32 bits per heavy atom. The summed E-state index contributed by atoms with van der Waals surface area (Å²) in [5, 5.41) is 8.87. The molecule has 0 aliphatic heterocycles. The summed E-state index contributed by atoms with van der Waals surface area (Å²) in [6.45, 7) is 2.89. The Balaban J connectivity index is 1.77. The molecule has 0 unspecified atom stereocenters. The zero-order valence-corrected chi connectivity index (χ0v) is 11.2. The first kappa shape index (κ1) is 13.3. The van der Waals surface area contributed by atoms with Crippen LogP contribution in [0.25, 0.3) is 0 Å². The summed E-state index contributed by atoms with van der Waals surface area (Å²) >= 11 is 0. The molecule has 0 amide bonds. The predicted molar refractivity (Wildman–Crippen MR) is 74.3 cm³/mol. The molecule has 0 atom stereocenters. The van der Waals surface area contributed by atoms with Gasteiger partial charge in [0.15, 0.2) is 0 Å². The molecule has 2 aromatic rings. The van der Waals surface area contributed by atoms with Crippen LogP contribution in [0.3, 0.4) is 0 Å². The van der Waals surface area contributed by atoms with E-state index in [2.05, 4.69) is 33.6 Å². The van der Waals surface area contributed by atoms with Crippen LogP contribution in [0.4, 0.5) is 0 Å². The fraction of sp³-hybridized carbons (Fsp3) is 0.333. The number of benzene rings is 1. The van der Waals surface area contributed by atoms with Crippen LogP contribution < -0.4 is 0 Å². The highest BCUT2D eigenvalue weighted by Crippen LogP contribution is 2.07. The van der Waals surface area contributed by atoms with Gasteiger partial charge in [-0.15, -0.1) is 0 Å². The fourth-order valence-corrected chi connectivity index (χ4v) is 2.07. The third-order valence-corrected chi connectivity index (χ3v) is 3.02. The lowest BCUT2D eigenvalue weighted by Crippen LogP contribution is -2.20. The minimum atomic E-state index is 0.726. The Kier molecular flexibility index (Phi) is 4.71. The molecule has 0 saturated carbocycles. The molecular formula is C15H18N4. The Hall–Kier alpha value is -2.12. The molecule has 98 valence electrons. The van der Waals surface area contributed by atoms with Crippen LogP contribution in [0.15, 0.2) is 43.0 Å². The predicted octanol–water partition coefficient (Wildman–Crippen LogP) is 2.28. The minimum absolute atomic E-state index is 0.726. The van der Waals surface area contributed by atoms with E-state index in [1.807, 2.05) is 30.7 Å². The maximum absolute atomic E-state index is 8.87. The second-order valence-corrected chi connectivity index (χ2v) is 4.70. The van der Waals surface area contributed by atoms with E-state index in [1.54, 1.807) is 6.20 Å². The molecular weight excluding hydrogens is 236 g/mol. The van der Waals surface area contributed by atoms with Crippen LogP contribution in [-0.2, 0) is 13.1 Å². The van der Waals surface area contributed by atoms with Crippen LogP contribution in [0.1, 0.15) is 17.5 Å².